The van der Waals surface area contributed by atoms with Crippen molar-refractivity contribution in [1.82, 2.24) is 61.7 Å². The zero-order valence-corrected chi connectivity index (χ0v) is 47.5. The molecule has 444 valence electrons. The molecule has 0 radical (unpaired) electrons. The molecular formula is C53H82N12O15. The van der Waals surface area contributed by atoms with Gasteiger partial charge in [0.05, 0.1) is 19.6 Å². The van der Waals surface area contributed by atoms with E-state index in [0.29, 0.717) is 50.5 Å². The molecule has 4 rings (SSSR count). The summed E-state index contributed by atoms with van der Waals surface area (Å²) in [5.41, 5.74) is -1.47. The van der Waals surface area contributed by atoms with Gasteiger partial charge < -0.3 is 76.3 Å². The Hall–Kier alpha value is -7.58. The molecule has 11 amide bonds. The Morgan fingerprint density at radius 3 is 1.73 bits per heavy atom. The van der Waals surface area contributed by atoms with Crippen LogP contribution in [-0.2, 0) is 64.0 Å². The first-order valence-corrected chi connectivity index (χ1v) is 27.0. The number of piperidine rings is 2. The first-order valence-electron chi connectivity index (χ1n) is 27.0. The Labute approximate surface area is 466 Å². The van der Waals surface area contributed by atoms with Crippen LogP contribution in [0.3, 0.4) is 0 Å². The number of aliphatic carboxylic acids is 1. The molecule has 1 aromatic carbocycles. The van der Waals surface area contributed by atoms with E-state index in [0.717, 1.165) is 9.80 Å². The third-order valence-electron chi connectivity index (χ3n) is 14.2. The van der Waals surface area contributed by atoms with Gasteiger partial charge in [-0.25, -0.2) is 9.59 Å². The molecule has 2 saturated heterocycles. The predicted octanol–water partition coefficient (Wildman–Crippen LogP) is -0.972. The van der Waals surface area contributed by atoms with Crippen molar-refractivity contribution in [3.8, 4) is 0 Å². The van der Waals surface area contributed by atoms with Crippen molar-refractivity contribution < 1.29 is 72.1 Å². The van der Waals surface area contributed by atoms with Gasteiger partial charge in [-0.2, -0.15) is 0 Å². The third kappa shape index (κ3) is 18.5. The Bertz CT molecular complexity index is 2400. The fraction of sp³-hybridized carbons (Fsp3) is 0.660. The summed E-state index contributed by atoms with van der Waals surface area (Å²) in [6.07, 6.45) is 2.02. The van der Waals surface area contributed by atoms with E-state index in [9.17, 15) is 57.5 Å². The van der Waals surface area contributed by atoms with E-state index in [1.165, 1.54) is 35.8 Å². The number of alkyl carbamates (subject to hydrolysis) is 2. The number of nitrogens with zero attached hydrogens (tertiary/aromatic N) is 5. The lowest BCUT2D eigenvalue weighted by Crippen LogP contribution is -2.66. The van der Waals surface area contributed by atoms with Crippen LogP contribution in [0.4, 0.5) is 9.59 Å². The van der Waals surface area contributed by atoms with Gasteiger partial charge in [-0.15, -0.1) is 0 Å². The lowest BCUT2D eigenvalue weighted by molar-refractivity contribution is -0.151. The van der Waals surface area contributed by atoms with Crippen molar-refractivity contribution in [2.24, 2.45) is 5.92 Å². The van der Waals surface area contributed by atoms with Crippen LogP contribution in [0, 0.1) is 5.92 Å². The van der Waals surface area contributed by atoms with Crippen LogP contribution in [0.25, 0.3) is 0 Å². The number of carboxylic acids is 1. The number of hydrogen-bond acceptors (Lipinski definition) is 15. The van der Waals surface area contributed by atoms with E-state index < -0.39 is 145 Å². The maximum Gasteiger partial charge on any atom is 0.408 e. The summed E-state index contributed by atoms with van der Waals surface area (Å²) in [6.45, 7) is 5.50. The Morgan fingerprint density at radius 2 is 1.23 bits per heavy atom. The number of ether oxygens (including phenoxy) is 2. The van der Waals surface area contributed by atoms with Crippen molar-refractivity contribution in [3.63, 3.8) is 0 Å². The molecule has 8 N–H and O–H groups in total. The number of carbonyl (C=O) groups excluding carboxylic acids is 11. The van der Waals surface area contributed by atoms with Gasteiger partial charge in [0.15, 0.2) is 0 Å². The lowest BCUT2D eigenvalue weighted by Gasteiger charge is -2.47. The highest BCUT2D eigenvalue weighted by molar-refractivity contribution is 5.97. The maximum atomic E-state index is 14.4. The molecule has 27 nitrogen and oxygen atoms in total. The summed E-state index contributed by atoms with van der Waals surface area (Å²) in [6, 6.07) is 2.60. The summed E-state index contributed by atoms with van der Waals surface area (Å²) < 4.78 is 10.8. The van der Waals surface area contributed by atoms with Crippen molar-refractivity contribution >= 4 is 71.3 Å². The first kappa shape index (κ1) is 64.9. The second-order valence-electron chi connectivity index (χ2n) is 21.6. The summed E-state index contributed by atoms with van der Waals surface area (Å²) in [7, 11) is 5.81. The minimum atomic E-state index is -1.47. The van der Waals surface area contributed by atoms with Crippen molar-refractivity contribution in [2.45, 2.75) is 140 Å². The molecule has 3 aliphatic rings. The van der Waals surface area contributed by atoms with Crippen molar-refractivity contribution in [3.05, 3.63) is 35.9 Å². The minimum absolute atomic E-state index is 0.00239. The molecule has 0 bridgehead atoms. The topological polar surface area (TPSA) is 344 Å². The molecule has 2 aliphatic heterocycles. The number of amides is 11. The lowest BCUT2D eigenvalue weighted by atomic mass is 9.74. The standard InChI is InChI=1S/C53H82N12O15/c1-33(2)43(46(73)55-26-35(60-51(78)80-52(3,4)5)47(74)65-25-16-14-21-38(65)45(72)57-30-42(69)70)62(8)41(68)31-61(7)39(66)29-56-44(71)37-20-13-15-24-64(37)48(75)36(59-50(77)79-32-34-18-11-10-12-19-34)27-58-49(76)53(22-17-23-53)63(9)40(67)28-54-6/h10-12,18-19,33,35-38,43,54H,13-17,20-32H2,1-9H3,(H,55,73)(H,56,71)(H,57,72)(H,58,76)(H,59,77)(H,60,78)(H,69,70)/t35-,36-,37+,38+,43+/m1/s1. The van der Waals surface area contributed by atoms with Crippen molar-refractivity contribution in [2.75, 3.05) is 80.5 Å². The SMILES string of the molecule is CNCC(=O)N(C)C1(C(=O)NC[C@@H](NC(=O)OCc2ccccc2)C(=O)N2CCCC[C@H]2C(=O)NCC(=O)N(C)CC(=O)N(C)[C@H](C(=O)NC[C@@H](NC(=O)OC(C)(C)C)C(=O)N2CCCC[C@H]2C(=O)NCC(=O)O)C(C)C)CCC1. The van der Waals surface area contributed by atoms with Gasteiger partial charge in [0.1, 0.15) is 54.5 Å². The van der Waals surface area contributed by atoms with Gasteiger partial charge in [0, 0.05) is 47.3 Å². The average molecular weight is 1130 g/mol. The molecule has 0 aromatic heterocycles. The molecule has 5 atom stereocenters. The number of likely N-dealkylation sites (N-methyl/N-ethyl adjacent to an activating group) is 4. The molecule has 1 aliphatic carbocycles. The fourth-order valence-electron chi connectivity index (χ4n) is 9.67. The minimum Gasteiger partial charge on any atom is -0.480 e. The van der Waals surface area contributed by atoms with Crippen LogP contribution in [-0.4, -0.2) is 223 Å². The highest BCUT2D eigenvalue weighted by Crippen LogP contribution is 2.37. The summed E-state index contributed by atoms with van der Waals surface area (Å²) >= 11 is 0. The predicted molar refractivity (Wildman–Crippen MR) is 287 cm³/mol. The molecular weight excluding hydrogens is 1040 g/mol. The van der Waals surface area contributed by atoms with Gasteiger partial charge in [-0.3, -0.25) is 47.9 Å². The van der Waals surface area contributed by atoms with Gasteiger partial charge >= 0.3 is 18.2 Å². The second kappa shape index (κ2) is 30.1. The highest BCUT2D eigenvalue weighted by Gasteiger charge is 2.50. The number of hydrogen-bond donors (Lipinski definition) is 8. The van der Waals surface area contributed by atoms with Gasteiger partial charge in [-0.1, -0.05) is 44.2 Å². The number of likely N-dealkylation sites (tertiary alicyclic amines) is 2. The third-order valence-corrected chi connectivity index (χ3v) is 14.2. The molecule has 2 heterocycles. The smallest absolute Gasteiger partial charge is 0.408 e. The molecule has 1 saturated carbocycles. The molecule has 80 heavy (non-hydrogen) atoms. The van der Waals surface area contributed by atoms with Crippen LogP contribution in [0.15, 0.2) is 30.3 Å². The quantitative estimate of drug-likeness (QED) is 0.0584. The average Bonchev–Trinajstić information content (AvgIpc) is 3.55. The van der Waals surface area contributed by atoms with E-state index in [-0.39, 0.29) is 45.0 Å². The van der Waals surface area contributed by atoms with Crippen LogP contribution in [0.1, 0.15) is 98.0 Å². The second-order valence-corrected chi connectivity index (χ2v) is 21.6. The molecule has 1 aromatic rings. The van der Waals surface area contributed by atoms with Crippen LogP contribution in [0.5, 0.6) is 0 Å². The monoisotopic (exact) mass is 1130 g/mol. The molecule has 27 heteroatoms. The fourth-order valence-corrected chi connectivity index (χ4v) is 9.67. The highest BCUT2D eigenvalue weighted by atomic mass is 16.6. The Morgan fingerprint density at radius 1 is 0.688 bits per heavy atom. The van der Waals surface area contributed by atoms with E-state index >= 15 is 0 Å². The van der Waals surface area contributed by atoms with Crippen LogP contribution < -0.4 is 37.2 Å². The van der Waals surface area contributed by atoms with E-state index in [1.54, 1.807) is 72.0 Å². The van der Waals surface area contributed by atoms with Gasteiger partial charge in [-0.05, 0) is 97.1 Å². The van der Waals surface area contributed by atoms with E-state index in [2.05, 4.69) is 37.2 Å². The zero-order valence-electron chi connectivity index (χ0n) is 47.5. The van der Waals surface area contributed by atoms with Gasteiger partial charge in [0.2, 0.25) is 53.2 Å². The van der Waals surface area contributed by atoms with Crippen LogP contribution in [0.2, 0.25) is 0 Å². The number of carbonyl (C=O) groups is 12. The Kier molecular flexibility index (Phi) is 24.5. The summed E-state index contributed by atoms with van der Waals surface area (Å²) in [5, 5.41) is 27.2. The van der Waals surface area contributed by atoms with Gasteiger partial charge in [0.25, 0.3) is 0 Å². The zero-order chi connectivity index (χ0) is 59.5. The summed E-state index contributed by atoms with van der Waals surface area (Å²) in [4.78, 5) is 167. The summed E-state index contributed by atoms with van der Waals surface area (Å²) in [5.74, 6) is -7.59. The molecule has 0 unspecified atom stereocenters. The molecule has 0 spiro atoms. The normalized spacial score (nSPS) is 17.8. The van der Waals surface area contributed by atoms with Crippen LogP contribution >= 0.6 is 0 Å². The first-order chi connectivity index (χ1) is 37.7. The number of rotatable bonds is 25. The van der Waals surface area contributed by atoms with Crippen molar-refractivity contribution in [1.29, 1.82) is 0 Å². The largest absolute Gasteiger partial charge is 0.480 e. The number of benzene rings is 1. The van der Waals surface area contributed by atoms with E-state index in [1.807, 2.05) is 0 Å². The number of nitrogens with one attached hydrogen (secondary N) is 7. The molecule has 3 fully saturated rings. The Balaban J connectivity index is 1.41. The number of carboxylic acid groups (broad SMARTS) is 1. The van der Waals surface area contributed by atoms with E-state index in [4.69, 9.17) is 14.6 Å². The maximum absolute atomic E-state index is 14.4.